The van der Waals surface area contributed by atoms with E-state index in [4.69, 9.17) is 4.74 Å². The number of methoxy groups -OCH3 is 1. The number of aromatic nitrogens is 2. The lowest BCUT2D eigenvalue weighted by atomic mass is 10.3. The van der Waals surface area contributed by atoms with Crippen molar-refractivity contribution in [2.45, 2.75) is 38.6 Å². The van der Waals surface area contributed by atoms with Crippen LogP contribution in [0.2, 0.25) is 0 Å². The SMILES string of the molecule is COCCNCc1ccn(CCS(=O)(=O)C(C)(C)C)n1. The number of hydrogen-bond acceptors (Lipinski definition) is 5. The highest BCUT2D eigenvalue weighted by molar-refractivity contribution is 7.92. The fourth-order valence-corrected chi connectivity index (χ4v) is 2.57. The van der Waals surface area contributed by atoms with Gasteiger partial charge < -0.3 is 10.1 Å². The minimum absolute atomic E-state index is 0.106. The zero-order valence-corrected chi connectivity index (χ0v) is 13.5. The lowest BCUT2D eigenvalue weighted by molar-refractivity contribution is 0.199. The Morgan fingerprint density at radius 2 is 2.10 bits per heavy atom. The normalized spacial score (nSPS) is 12.8. The molecule has 7 heteroatoms. The molecule has 0 aliphatic rings. The highest BCUT2D eigenvalue weighted by Crippen LogP contribution is 2.16. The van der Waals surface area contributed by atoms with E-state index in [1.807, 2.05) is 12.3 Å². The third-order valence-corrected chi connectivity index (χ3v) is 5.59. The molecule has 0 spiro atoms. The summed E-state index contributed by atoms with van der Waals surface area (Å²) in [4.78, 5) is 0. The first-order valence-corrected chi connectivity index (χ1v) is 8.36. The van der Waals surface area contributed by atoms with E-state index in [0.717, 1.165) is 12.2 Å². The first kappa shape index (κ1) is 17.1. The second-order valence-corrected chi connectivity index (χ2v) is 8.53. The van der Waals surface area contributed by atoms with Crippen molar-refractivity contribution >= 4 is 9.84 Å². The summed E-state index contributed by atoms with van der Waals surface area (Å²) in [5.41, 5.74) is 0.897. The van der Waals surface area contributed by atoms with E-state index in [1.165, 1.54) is 0 Å². The van der Waals surface area contributed by atoms with Gasteiger partial charge in [0, 0.05) is 26.4 Å². The van der Waals surface area contributed by atoms with Crippen LogP contribution in [0.4, 0.5) is 0 Å². The standard InChI is InChI=1S/C13H25N3O3S/c1-13(2,3)20(17,18)10-8-16-7-5-12(15-16)11-14-6-9-19-4/h5,7,14H,6,8-11H2,1-4H3. The van der Waals surface area contributed by atoms with Crippen LogP contribution >= 0.6 is 0 Å². The van der Waals surface area contributed by atoms with Gasteiger partial charge >= 0.3 is 0 Å². The van der Waals surface area contributed by atoms with Crippen molar-refractivity contribution in [3.8, 4) is 0 Å². The van der Waals surface area contributed by atoms with Crippen LogP contribution < -0.4 is 5.32 Å². The maximum Gasteiger partial charge on any atom is 0.157 e. The minimum atomic E-state index is -3.10. The van der Waals surface area contributed by atoms with Gasteiger partial charge in [-0.2, -0.15) is 5.10 Å². The molecular formula is C13H25N3O3S. The van der Waals surface area contributed by atoms with E-state index in [9.17, 15) is 8.42 Å². The van der Waals surface area contributed by atoms with E-state index in [1.54, 1.807) is 32.6 Å². The van der Waals surface area contributed by atoms with Gasteiger partial charge in [0.2, 0.25) is 0 Å². The number of rotatable bonds is 8. The molecule has 116 valence electrons. The van der Waals surface area contributed by atoms with E-state index >= 15 is 0 Å². The number of aryl methyl sites for hydroxylation is 1. The Bertz CT molecular complexity index is 503. The van der Waals surface area contributed by atoms with Crippen molar-refractivity contribution in [1.29, 1.82) is 0 Å². The van der Waals surface area contributed by atoms with E-state index in [2.05, 4.69) is 10.4 Å². The quantitative estimate of drug-likeness (QED) is 0.720. The van der Waals surface area contributed by atoms with Gasteiger partial charge in [0.15, 0.2) is 9.84 Å². The largest absolute Gasteiger partial charge is 0.383 e. The minimum Gasteiger partial charge on any atom is -0.383 e. The van der Waals surface area contributed by atoms with Gasteiger partial charge in [-0.05, 0) is 26.8 Å². The molecule has 6 nitrogen and oxygen atoms in total. The van der Waals surface area contributed by atoms with Crippen LogP contribution in [0.25, 0.3) is 0 Å². The Balaban J connectivity index is 2.45. The van der Waals surface area contributed by atoms with Gasteiger partial charge in [-0.25, -0.2) is 8.42 Å². The first-order valence-electron chi connectivity index (χ1n) is 6.70. The molecule has 1 aromatic heterocycles. The molecule has 0 fully saturated rings. The molecule has 1 N–H and O–H groups in total. The molecular weight excluding hydrogens is 278 g/mol. The Hall–Kier alpha value is -0.920. The second-order valence-electron chi connectivity index (χ2n) is 5.67. The zero-order valence-electron chi connectivity index (χ0n) is 12.7. The van der Waals surface area contributed by atoms with Crippen molar-refractivity contribution in [1.82, 2.24) is 15.1 Å². The third-order valence-electron chi connectivity index (χ3n) is 3.01. The molecule has 0 bridgehead atoms. The molecule has 0 aliphatic carbocycles. The molecule has 0 radical (unpaired) electrons. The Morgan fingerprint density at radius 3 is 2.70 bits per heavy atom. The summed E-state index contributed by atoms with van der Waals surface area (Å²) in [7, 11) is -1.45. The van der Waals surface area contributed by atoms with Crippen molar-refractivity contribution in [3.63, 3.8) is 0 Å². The predicted octanol–water partition coefficient (Wildman–Crippen LogP) is 0.832. The van der Waals surface area contributed by atoms with Gasteiger partial charge in [-0.1, -0.05) is 0 Å². The van der Waals surface area contributed by atoms with Crippen LogP contribution in [0.1, 0.15) is 26.5 Å². The number of nitrogens with one attached hydrogen (secondary N) is 1. The monoisotopic (exact) mass is 303 g/mol. The highest BCUT2D eigenvalue weighted by Gasteiger charge is 2.28. The van der Waals surface area contributed by atoms with Crippen molar-refractivity contribution < 1.29 is 13.2 Å². The summed E-state index contributed by atoms with van der Waals surface area (Å²) in [6, 6.07) is 1.89. The second kappa shape index (κ2) is 7.19. The van der Waals surface area contributed by atoms with Gasteiger partial charge in [0.05, 0.1) is 29.3 Å². The topological polar surface area (TPSA) is 73.2 Å². The zero-order chi connectivity index (χ0) is 15.2. The summed E-state index contributed by atoms with van der Waals surface area (Å²) in [6.07, 6.45) is 1.81. The molecule has 20 heavy (non-hydrogen) atoms. The summed E-state index contributed by atoms with van der Waals surface area (Å²) >= 11 is 0. The first-order chi connectivity index (χ1) is 9.26. The summed E-state index contributed by atoms with van der Waals surface area (Å²) in [6.45, 7) is 7.62. The third kappa shape index (κ3) is 5.22. The Kier molecular flexibility index (Phi) is 6.16. The van der Waals surface area contributed by atoms with Gasteiger partial charge in [-0.15, -0.1) is 0 Å². The van der Waals surface area contributed by atoms with Gasteiger partial charge in [0.25, 0.3) is 0 Å². The Morgan fingerprint density at radius 1 is 1.40 bits per heavy atom. The molecule has 0 aliphatic heterocycles. The van der Waals surface area contributed by atoms with Crippen LogP contribution in [0, 0.1) is 0 Å². The maximum atomic E-state index is 12.0. The van der Waals surface area contributed by atoms with Crippen LogP contribution in [0.5, 0.6) is 0 Å². The summed E-state index contributed by atoms with van der Waals surface area (Å²) < 4.78 is 29.9. The van der Waals surface area contributed by atoms with Crippen molar-refractivity contribution in [2.75, 3.05) is 26.0 Å². The van der Waals surface area contributed by atoms with Crippen LogP contribution in [-0.2, 0) is 27.7 Å². The van der Waals surface area contributed by atoms with Crippen LogP contribution in [0.3, 0.4) is 0 Å². The molecule has 0 atom stereocenters. The average Bonchev–Trinajstić information content (AvgIpc) is 2.79. The number of sulfone groups is 1. The lowest BCUT2D eigenvalue weighted by Crippen LogP contribution is -2.32. The molecule has 0 aromatic carbocycles. The molecule has 0 saturated heterocycles. The predicted molar refractivity (Wildman–Crippen MR) is 79.3 cm³/mol. The van der Waals surface area contributed by atoms with E-state index in [0.29, 0.717) is 19.7 Å². The van der Waals surface area contributed by atoms with Gasteiger partial charge in [0.1, 0.15) is 0 Å². The highest BCUT2D eigenvalue weighted by atomic mass is 32.2. The molecule has 0 amide bonds. The molecule has 1 heterocycles. The van der Waals surface area contributed by atoms with Crippen molar-refractivity contribution in [2.24, 2.45) is 0 Å². The fraction of sp³-hybridized carbons (Fsp3) is 0.769. The Labute approximate surface area is 121 Å². The van der Waals surface area contributed by atoms with Crippen LogP contribution in [0.15, 0.2) is 12.3 Å². The molecule has 1 rings (SSSR count). The summed E-state index contributed by atoms with van der Waals surface area (Å²) in [5, 5.41) is 7.54. The maximum absolute atomic E-state index is 12.0. The lowest BCUT2D eigenvalue weighted by Gasteiger charge is -2.18. The van der Waals surface area contributed by atoms with E-state index in [-0.39, 0.29) is 5.75 Å². The van der Waals surface area contributed by atoms with E-state index < -0.39 is 14.6 Å². The average molecular weight is 303 g/mol. The van der Waals surface area contributed by atoms with Crippen LogP contribution in [-0.4, -0.2) is 49.0 Å². The molecule has 0 unspecified atom stereocenters. The smallest absolute Gasteiger partial charge is 0.157 e. The number of ether oxygens (including phenoxy) is 1. The molecule has 0 saturated carbocycles. The number of hydrogen-bond donors (Lipinski definition) is 1. The summed E-state index contributed by atoms with van der Waals surface area (Å²) in [5.74, 6) is 0.106. The number of nitrogens with zero attached hydrogens (tertiary/aromatic N) is 2. The fourth-order valence-electron chi connectivity index (χ4n) is 1.53. The molecule has 1 aromatic rings. The van der Waals surface area contributed by atoms with Crippen molar-refractivity contribution in [3.05, 3.63) is 18.0 Å². The van der Waals surface area contributed by atoms with Gasteiger partial charge in [-0.3, -0.25) is 4.68 Å².